The second kappa shape index (κ2) is 6.65. The van der Waals surface area contributed by atoms with Crippen molar-refractivity contribution in [1.82, 2.24) is 0 Å². The van der Waals surface area contributed by atoms with Gasteiger partial charge in [-0.05, 0) is 30.9 Å². The van der Waals surface area contributed by atoms with Crippen LogP contribution >= 0.6 is 0 Å². The molecule has 0 saturated carbocycles. The molecule has 0 fully saturated rings. The third-order valence-electron chi connectivity index (χ3n) is 3.11. The number of ether oxygens (including phenoxy) is 1. The van der Waals surface area contributed by atoms with Crippen molar-refractivity contribution >= 4 is 11.6 Å². The molecule has 1 unspecified atom stereocenters. The maximum Gasteiger partial charge on any atom is 0.422 e. The molecule has 1 amide bonds. The molecule has 0 bridgehead atoms. The Kier molecular flexibility index (Phi) is 4.88. The van der Waals surface area contributed by atoms with Crippen LogP contribution in [0.25, 0.3) is 0 Å². The smallest absolute Gasteiger partial charge is 0.422 e. The third kappa shape index (κ3) is 5.13. The number of amides is 1. The molecule has 1 atom stereocenters. The Balaban J connectivity index is 1.95. The number of anilines is 1. The van der Waals surface area contributed by atoms with Crippen LogP contribution < -0.4 is 10.1 Å². The van der Waals surface area contributed by atoms with Gasteiger partial charge in [-0.1, -0.05) is 24.3 Å². The average molecular weight is 299 g/mol. The van der Waals surface area contributed by atoms with Crippen LogP contribution in [0.2, 0.25) is 0 Å². The Hall–Kier alpha value is -1.98. The van der Waals surface area contributed by atoms with E-state index in [0.717, 1.165) is 12.8 Å². The van der Waals surface area contributed by atoms with Crippen LogP contribution in [0.5, 0.6) is 5.75 Å². The van der Waals surface area contributed by atoms with Gasteiger partial charge in [0.2, 0.25) is 5.91 Å². The molecular formula is C15H16F3NO2. The first-order chi connectivity index (χ1) is 9.94. The number of carbonyl (C=O) groups excluding carboxylic acids is 1. The summed E-state index contributed by atoms with van der Waals surface area (Å²) in [5.74, 6) is -0.00648. The second-order valence-electron chi connectivity index (χ2n) is 4.92. The molecule has 1 aromatic carbocycles. The summed E-state index contributed by atoms with van der Waals surface area (Å²) in [6.45, 7) is -1.38. The van der Waals surface area contributed by atoms with Gasteiger partial charge in [0.25, 0.3) is 0 Å². The number of hydrogen-bond acceptors (Lipinski definition) is 2. The number of nitrogens with one attached hydrogen (secondary N) is 1. The summed E-state index contributed by atoms with van der Waals surface area (Å²) in [6, 6.07) is 6.11. The SMILES string of the molecule is O=C(CC1C=CCC1)Nc1ccccc1OCC(F)(F)F. The van der Waals surface area contributed by atoms with Crippen molar-refractivity contribution in [2.24, 2.45) is 5.92 Å². The topological polar surface area (TPSA) is 38.3 Å². The van der Waals surface area contributed by atoms with E-state index in [1.54, 1.807) is 12.1 Å². The average Bonchev–Trinajstić information content (AvgIpc) is 2.89. The fourth-order valence-electron chi connectivity index (χ4n) is 2.16. The van der Waals surface area contributed by atoms with Crippen LogP contribution in [0.3, 0.4) is 0 Å². The highest BCUT2D eigenvalue weighted by Gasteiger charge is 2.29. The normalized spacial score (nSPS) is 17.8. The van der Waals surface area contributed by atoms with Crippen LogP contribution in [0.15, 0.2) is 36.4 Å². The fourth-order valence-corrected chi connectivity index (χ4v) is 2.16. The highest BCUT2D eigenvalue weighted by molar-refractivity contribution is 5.92. The summed E-state index contributed by atoms with van der Waals surface area (Å²) in [5.41, 5.74) is 0.258. The summed E-state index contributed by atoms with van der Waals surface area (Å²) >= 11 is 0. The zero-order valence-electron chi connectivity index (χ0n) is 11.3. The van der Waals surface area contributed by atoms with Gasteiger partial charge in [-0.2, -0.15) is 13.2 Å². The molecule has 3 nitrogen and oxygen atoms in total. The van der Waals surface area contributed by atoms with Crippen LogP contribution in [0.1, 0.15) is 19.3 Å². The fraction of sp³-hybridized carbons (Fsp3) is 0.400. The first kappa shape index (κ1) is 15.4. The van der Waals surface area contributed by atoms with Crippen molar-refractivity contribution < 1.29 is 22.7 Å². The lowest BCUT2D eigenvalue weighted by atomic mass is 10.1. The molecule has 0 aromatic heterocycles. The quantitative estimate of drug-likeness (QED) is 0.837. The molecule has 0 aliphatic heterocycles. The Bertz CT molecular complexity index is 526. The molecule has 0 radical (unpaired) electrons. The van der Waals surface area contributed by atoms with E-state index in [9.17, 15) is 18.0 Å². The molecule has 114 valence electrons. The molecule has 1 aliphatic carbocycles. The van der Waals surface area contributed by atoms with Crippen molar-refractivity contribution in [3.63, 3.8) is 0 Å². The lowest BCUT2D eigenvalue weighted by Gasteiger charge is -2.14. The van der Waals surface area contributed by atoms with Crippen LogP contribution in [-0.2, 0) is 4.79 Å². The number of para-hydroxylation sites is 2. The van der Waals surface area contributed by atoms with Crippen LogP contribution in [0, 0.1) is 5.92 Å². The number of alkyl halides is 3. The van der Waals surface area contributed by atoms with E-state index in [2.05, 4.69) is 5.32 Å². The predicted octanol–water partition coefficient (Wildman–Crippen LogP) is 3.92. The van der Waals surface area contributed by atoms with Crippen molar-refractivity contribution in [2.75, 3.05) is 11.9 Å². The second-order valence-corrected chi connectivity index (χ2v) is 4.92. The summed E-state index contributed by atoms with van der Waals surface area (Å²) in [6.07, 6.45) is 1.82. The first-order valence-corrected chi connectivity index (χ1v) is 6.69. The Morgan fingerprint density at radius 1 is 1.33 bits per heavy atom. The van der Waals surface area contributed by atoms with Crippen LogP contribution in [0.4, 0.5) is 18.9 Å². The monoisotopic (exact) mass is 299 g/mol. The summed E-state index contributed by atoms with van der Waals surface area (Å²) < 4.78 is 41.3. The number of hydrogen-bond donors (Lipinski definition) is 1. The lowest BCUT2D eigenvalue weighted by molar-refractivity contribution is -0.153. The molecule has 0 spiro atoms. The van der Waals surface area contributed by atoms with E-state index in [0.29, 0.717) is 6.42 Å². The lowest BCUT2D eigenvalue weighted by Crippen LogP contribution is -2.20. The maximum absolute atomic E-state index is 12.2. The van der Waals surface area contributed by atoms with Gasteiger partial charge in [0.05, 0.1) is 5.69 Å². The molecule has 1 N–H and O–H groups in total. The maximum atomic E-state index is 12.2. The zero-order valence-corrected chi connectivity index (χ0v) is 11.3. The number of carbonyl (C=O) groups is 1. The van der Waals surface area contributed by atoms with Crippen LogP contribution in [-0.4, -0.2) is 18.7 Å². The molecule has 0 heterocycles. The highest BCUT2D eigenvalue weighted by Crippen LogP contribution is 2.27. The van der Waals surface area contributed by atoms with E-state index in [4.69, 9.17) is 4.74 Å². The van der Waals surface area contributed by atoms with E-state index in [-0.39, 0.29) is 23.3 Å². The summed E-state index contributed by atoms with van der Waals surface area (Å²) in [7, 11) is 0. The van der Waals surface area contributed by atoms with Gasteiger partial charge in [0.15, 0.2) is 6.61 Å². The molecular weight excluding hydrogens is 283 g/mol. The zero-order chi connectivity index (χ0) is 15.3. The van der Waals surface area contributed by atoms with Gasteiger partial charge in [-0.3, -0.25) is 4.79 Å². The molecule has 1 aliphatic rings. The summed E-state index contributed by atoms with van der Waals surface area (Å²) in [4.78, 5) is 11.9. The van der Waals surface area contributed by atoms with Crippen molar-refractivity contribution in [3.05, 3.63) is 36.4 Å². The van der Waals surface area contributed by atoms with Crippen molar-refractivity contribution in [1.29, 1.82) is 0 Å². The number of benzene rings is 1. The molecule has 21 heavy (non-hydrogen) atoms. The van der Waals surface area contributed by atoms with Crippen molar-refractivity contribution in [3.8, 4) is 5.75 Å². The first-order valence-electron chi connectivity index (χ1n) is 6.69. The molecule has 1 aromatic rings. The number of halogens is 3. The van der Waals surface area contributed by atoms with Gasteiger partial charge in [0.1, 0.15) is 5.75 Å². The van der Waals surface area contributed by atoms with Gasteiger partial charge in [-0.25, -0.2) is 0 Å². The van der Waals surface area contributed by atoms with Crippen molar-refractivity contribution in [2.45, 2.75) is 25.4 Å². The number of rotatable bonds is 5. The summed E-state index contributed by atoms with van der Waals surface area (Å²) in [5, 5.41) is 2.61. The van der Waals surface area contributed by atoms with Gasteiger partial charge in [-0.15, -0.1) is 0 Å². The molecule has 6 heteroatoms. The van der Waals surface area contributed by atoms with E-state index in [1.165, 1.54) is 12.1 Å². The molecule has 0 saturated heterocycles. The predicted molar refractivity (Wildman–Crippen MR) is 73.1 cm³/mol. The van der Waals surface area contributed by atoms with Gasteiger partial charge >= 0.3 is 6.18 Å². The highest BCUT2D eigenvalue weighted by atomic mass is 19.4. The Morgan fingerprint density at radius 3 is 2.76 bits per heavy atom. The number of allylic oxidation sites excluding steroid dienone is 2. The Labute approximate surface area is 120 Å². The minimum atomic E-state index is -4.41. The van der Waals surface area contributed by atoms with Gasteiger partial charge < -0.3 is 10.1 Å². The van der Waals surface area contributed by atoms with E-state index >= 15 is 0 Å². The van der Waals surface area contributed by atoms with Gasteiger partial charge in [0, 0.05) is 6.42 Å². The van der Waals surface area contributed by atoms with E-state index < -0.39 is 12.8 Å². The minimum Gasteiger partial charge on any atom is -0.482 e. The molecule has 2 rings (SSSR count). The minimum absolute atomic E-state index is 0.0186. The van der Waals surface area contributed by atoms with E-state index in [1.807, 2.05) is 12.2 Å². The third-order valence-corrected chi connectivity index (χ3v) is 3.11. The standard InChI is InChI=1S/C15H16F3NO2/c16-15(17,18)10-21-13-8-4-3-7-12(13)19-14(20)9-11-5-1-2-6-11/h1,3-5,7-8,11H,2,6,9-10H2,(H,19,20). The Morgan fingerprint density at radius 2 is 2.10 bits per heavy atom. The largest absolute Gasteiger partial charge is 0.482 e.